The smallest absolute Gasteiger partial charge is 0.150 e. The largest absolute Gasteiger partial charge is 0.508 e. The zero-order valence-corrected chi connectivity index (χ0v) is 10.1. The van der Waals surface area contributed by atoms with Crippen LogP contribution in [0.4, 0.5) is 0 Å². The van der Waals surface area contributed by atoms with Crippen LogP contribution in [0.5, 0.6) is 5.75 Å². The molecule has 2 heteroatoms. The van der Waals surface area contributed by atoms with E-state index in [9.17, 15) is 4.79 Å². The molecule has 2 aromatic rings. The molecule has 0 bridgehead atoms. The van der Waals surface area contributed by atoms with E-state index in [1.165, 1.54) is 11.1 Å². The number of phenolic OH excluding ortho intramolecular Hbond substituents is 1. The van der Waals surface area contributed by atoms with Crippen molar-refractivity contribution in [2.45, 2.75) is 13.8 Å². The van der Waals surface area contributed by atoms with Gasteiger partial charge in [0.15, 0.2) is 0 Å². The molecule has 0 spiro atoms. The Balaban J connectivity index is 0.000000171. The van der Waals surface area contributed by atoms with Crippen LogP contribution in [0, 0.1) is 13.8 Å². The lowest BCUT2D eigenvalue weighted by Crippen LogP contribution is -1.77. The highest BCUT2D eigenvalue weighted by Crippen LogP contribution is 2.07. The lowest BCUT2D eigenvalue weighted by Gasteiger charge is -1.89. The van der Waals surface area contributed by atoms with Crippen molar-refractivity contribution in [3.63, 3.8) is 0 Å². The molecule has 0 unspecified atom stereocenters. The lowest BCUT2D eigenvalue weighted by molar-refractivity contribution is 0.112. The molecule has 0 saturated carbocycles. The average molecular weight is 228 g/mol. The Kier molecular flexibility index (Phi) is 4.95. The van der Waals surface area contributed by atoms with Crippen molar-refractivity contribution in [2.24, 2.45) is 0 Å². The van der Waals surface area contributed by atoms with Gasteiger partial charge >= 0.3 is 0 Å². The van der Waals surface area contributed by atoms with E-state index in [-0.39, 0.29) is 0 Å². The SMILES string of the molecule is Cc1ccc(C=O)cc1.Cc1ccc(O)cc1. The van der Waals surface area contributed by atoms with E-state index in [2.05, 4.69) is 0 Å². The summed E-state index contributed by atoms with van der Waals surface area (Å²) in [5, 5.41) is 8.76. The van der Waals surface area contributed by atoms with Gasteiger partial charge in [-0.25, -0.2) is 0 Å². The summed E-state index contributed by atoms with van der Waals surface area (Å²) in [6.45, 7) is 3.98. The van der Waals surface area contributed by atoms with E-state index in [4.69, 9.17) is 5.11 Å². The molecular weight excluding hydrogens is 212 g/mol. The van der Waals surface area contributed by atoms with Gasteiger partial charge < -0.3 is 5.11 Å². The number of carbonyl (C=O) groups is 1. The van der Waals surface area contributed by atoms with Crippen LogP contribution in [0.25, 0.3) is 0 Å². The van der Waals surface area contributed by atoms with Crippen molar-refractivity contribution in [2.75, 3.05) is 0 Å². The summed E-state index contributed by atoms with van der Waals surface area (Å²) in [6.07, 6.45) is 0.847. The highest BCUT2D eigenvalue weighted by atomic mass is 16.3. The number of carbonyl (C=O) groups excluding carboxylic acids is 1. The third-order valence-corrected chi connectivity index (χ3v) is 2.25. The van der Waals surface area contributed by atoms with Crippen molar-refractivity contribution in [1.29, 1.82) is 0 Å². The predicted octanol–water partition coefficient (Wildman–Crippen LogP) is 3.51. The molecule has 0 atom stereocenters. The molecule has 0 aromatic heterocycles. The Hall–Kier alpha value is -2.09. The molecule has 0 heterocycles. The fourth-order valence-electron chi connectivity index (χ4n) is 1.19. The summed E-state index contributed by atoms with van der Waals surface area (Å²) in [5.41, 5.74) is 3.09. The second kappa shape index (κ2) is 6.48. The molecule has 17 heavy (non-hydrogen) atoms. The van der Waals surface area contributed by atoms with Gasteiger partial charge in [-0.1, -0.05) is 47.5 Å². The number of benzene rings is 2. The molecule has 0 fully saturated rings. The van der Waals surface area contributed by atoms with Gasteiger partial charge in [-0.15, -0.1) is 0 Å². The molecule has 0 aliphatic heterocycles. The Morgan fingerprint density at radius 1 is 0.824 bits per heavy atom. The molecule has 2 nitrogen and oxygen atoms in total. The maximum Gasteiger partial charge on any atom is 0.150 e. The Morgan fingerprint density at radius 2 is 1.24 bits per heavy atom. The fourth-order valence-corrected chi connectivity index (χ4v) is 1.19. The number of hydrogen-bond donors (Lipinski definition) is 1. The summed E-state index contributed by atoms with van der Waals surface area (Å²) < 4.78 is 0. The number of rotatable bonds is 1. The third-order valence-electron chi connectivity index (χ3n) is 2.25. The van der Waals surface area contributed by atoms with Gasteiger partial charge in [0.05, 0.1) is 0 Å². The monoisotopic (exact) mass is 228 g/mol. The zero-order valence-electron chi connectivity index (χ0n) is 10.1. The fraction of sp³-hybridized carbons (Fsp3) is 0.133. The van der Waals surface area contributed by atoms with Crippen LogP contribution in [0.3, 0.4) is 0 Å². The van der Waals surface area contributed by atoms with E-state index in [1.54, 1.807) is 12.1 Å². The van der Waals surface area contributed by atoms with Crippen LogP contribution in [0.2, 0.25) is 0 Å². The first-order valence-corrected chi connectivity index (χ1v) is 5.39. The number of phenols is 1. The summed E-state index contributed by atoms with van der Waals surface area (Å²) >= 11 is 0. The van der Waals surface area contributed by atoms with Gasteiger partial charge in [0, 0.05) is 5.56 Å². The maximum absolute atomic E-state index is 10.1. The third kappa shape index (κ3) is 4.98. The molecular formula is C15H16O2. The standard InChI is InChI=1S/C8H8O.C7H8O/c1-7-2-4-8(6-9)5-3-7;1-6-2-4-7(8)5-3-6/h2-6H,1H3;2-5,8H,1H3. The zero-order chi connectivity index (χ0) is 12.7. The summed E-state index contributed by atoms with van der Waals surface area (Å²) in [5.74, 6) is 0.329. The molecule has 2 rings (SSSR count). The van der Waals surface area contributed by atoms with E-state index >= 15 is 0 Å². The van der Waals surface area contributed by atoms with Crippen LogP contribution >= 0.6 is 0 Å². The molecule has 2 aromatic carbocycles. The minimum atomic E-state index is 0.329. The van der Waals surface area contributed by atoms with Crippen molar-refractivity contribution in [3.05, 3.63) is 65.2 Å². The second-order valence-electron chi connectivity index (χ2n) is 3.86. The van der Waals surface area contributed by atoms with Crippen LogP contribution in [0.15, 0.2) is 48.5 Å². The van der Waals surface area contributed by atoms with E-state index < -0.39 is 0 Å². The Labute approximate surface area is 102 Å². The van der Waals surface area contributed by atoms with Gasteiger partial charge in [-0.3, -0.25) is 4.79 Å². The summed E-state index contributed by atoms with van der Waals surface area (Å²) in [7, 11) is 0. The number of aldehydes is 1. The molecule has 0 amide bonds. The highest BCUT2D eigenvalue weighted by Gasteiger charge is 1.85. The number of aryl methyl sites for hydroxylation is 2. The molecule has 1 N–H and O–H groups in total. The predicted molar refractivity (Wildman–Crippen MR) is 69.4 cm³/mol. The summed E-state index contributed by atoms with van der Waals surface area (Å²) in [6, 6.07) is 14.5. The van der Waals surface area contributed by atoms with Gasteiger partial charge in [0.1, 0.15) is 12.0 Å². The minimum Gasteiger partial charge on any atom is -0.508 e. The lowest BCUT2D eigenvalue weighted by atomic mass is 10.2. The summed E-state index contributed by atoms with van der Waals surface area (Å²) in [4.78, 5) is 10.1. The van der Waals surface area contributed by atoms with Crippen LogP contribution in [-0.4, -0.2) is 11.4 Å². The molecule has 0 radical (unpaired) electrons. The van der Waals surface area contributed by atoms with Crippen molar-refractivity contribution in [1.82, 2.24) is 0 Å². The molecule has 0 aliphatic carbocycles. The van der Waals surface area contributed by atoms with Gasteiger partial charge in [-0.2, -0.15) is 0 Å². The average Bonchev–Trinajstić information content (AvgIpc) is 2.35. The highest BCUT2D eigenvalue weighted by molar-refractivity contribution is 5.74. The number of hydrogen-bond acceptors (Lipinski definition) is 2. The Morgan fingerprint density at radius 3 is 1.59 bits per heavy atom. The maximum atomic E-state index is 10.1. The quantitative estimate of drug-likeness (QED) is 0.758. The number of aromatic hydroxyl groups is 1. The molecule has 0 aliphatic rings. The van der Waals surface area contributed by atoms with Crippen molar-refractivity contribution < 1.29 is 9.90 Å². The van der Waals surface area contributed by atoms with Crippen LogP contribution < -0.4 is 0 Å². The van der Waals surface area contributed by atoms with E-state index in [0.717, 1.165) is 11.8 Å². The molecule has 0 saturated heterocycles. The van der Waals surface area contributed by atoms with E-state index in [0.29, 0.717) is 5.75 Å². The normalized spacial score (nSPS) is 9.06. The van der Waals surface area contributed by atoms with Crippen molar-refractivity contribution in [3.8, 4) is 5.75 Å². The minimum absolute atomic E-state index is 0.329. The Bertz CT molecular complexity index is 434. The topological polar surface area (TPSA) is 37.3 Å². The van der Waals surface area contributed by atoms with E-state index in [1.807, 2.05) is 50.2 Å². The van der Waals surface area contributed by atoms with Gasteiger partial charge in [0.2, 0.25) is 0 Å². The first-order chi connectivity index (χ1) is 8.11. The second-order valence-corrected chi connectivity index (χ2v) is 3.86. The van der Waals surface area contributed by atoms with Crippen molar-refractivity contribution >= 4 is 6.29 Å². The van der Waals surface area contributed by atoms with Gasteiger partial charge in [-0.05, 0) is 26.0 Å². The first kappa shape index (κ1) is 13.0. The van der Waals surface area contributed by atoms with Crippen LogP contribution in [-0.2, 0) is 0 Å². The van der Waals surface area contributed by atoms with Gasteiger partial charge in [0.25, 0.3) is 0 Å². The molecule has 88 valence electrons. The first-order valence-electron chi connectivity index (χ1n) is 5.39. The van der Waals surface area contributed by atoms with Crippen LogP contribution in [0.1, 0.15) is 21.5 Å².